The Bertz CT molecular complexity index is 381. The number of benzene rings is 1. The Hall–Kier alpha value is -1.02. The van der Waals surface area contributed by atoms with E-state index >= 15 is 0 Å². The minimum atomic E-state index is 0.112. The molecule has 1 aliphatic rings. The monoisotopic (exact) mass is 261 g/mol. The van der Waals surface area contributed by atoms with E-state index in [2.05, 4.69) is 43.4 Å². The Labute approximate surface area is 117 Å². The molecule has 1 aromatic rings. The summed E-state index contributed by atoms with van der Waals surface area (Å²) in [6.07, 6.45) is 7.34. The molecule has 0 saturated carbocycles. The van der Waals surface area contributed by atoms with E-state index in [0.29, 0.717) is 0 Å². The van der Waals surface area contributed by atoms with Gasteiger partial charge in [0, 0.05) is 11.1 Å². The van der Waals surface area contributed by atoms with Gasteiger partial charge in [0.15, 0.2) is 0 Å². The Kier molecular flexibility index (Phi) is 5.26. The van der Waals surface area contributed by atoms with Crippen molar-refractivity contribution in [2.75, 3.05) is 13.2 Å². The molecule has 1 aliphatic heterocycles. The average molecular weight is 261 g/mol. The Morgan fingerprint density at radius 1 is 1.16 bits per heavy atom. The van der Waals surface area contributed by atoms with Crippen LogP contribution in [-0.4, -0.2) is 13.2 Å². The van der Waals surface area contributed by atoms with Gasteiger partial charge >= 0.3 is 0 Å². The highest BCUT2D eigenvalue weighted by molar-refractivity contribution is 5.39. The largest absolute Gasteiger partial charge is 0.493 e. The molecule has 1 aromatic carbocycles. The zero-order chi connectivity index (χ0) is 13.6. The van der Waals surface area contributed by atoms with Gasteiger partial charge in [0.25, 0.3) is 0 Å². The van der Waals surface area contributed by atoms with Crippen molar-refractivity contribution in [2.24, 2.45) is 0 Å². The summed E-state index contributed by atoms with van der Waals surface area (Å²) < 4.78 is 5.97. The fourth-order valence-corrected chi connectivity index (χ4v) is 3.07. The van der Waals surface area contributed by atoms with Crippen LogP contribution in [0.4, 0.5) is 0 Å². The van der Waals surface area contributed by atoms with Crippen molar-refractivity contribution in [3.8, 4) is 5.75 Å². The molecule has 0 amide bonds. The van der Waals surface area contributed by atoms with Crippen LogP contribution in [0, 0.1) is 0 Å². The lowest BCUT2D eigenvalue weighted by Crippen LogP contribution is -2.41. The van der Waals surface area contributed by atoms with E-state index in [1.165, 1.54) is 31.2 Å². The standard InChI is InChI=1S/C17H27NO/c1-3-14-19-16-11-7-6-10-15(16)17(4-2)12-8-5-9-13-18-17/h6-7,10-11,18H,3-5,8-9,12-14H2,1-2H3. The predicted molar refractivity (Wildman–Crippen MR) is 80.7 cm³/mol. The molecule has 1 unspecified atom stereocenters. The van der Waals surface area contributed by atoms with Gasteiger partial charge in [0.05, 0.1) is 6.61 Å². The van der Waals surface area contributed by atoms with Crippen LogP contribution >= 0.6 is 0 Å². The van der Waals surface area contributed by atoms with Gasteiger partial charge in [0.2, 0.25) is 0 Å². The van der Waals surface area contributed by atoms with Gasteiger partial charge in [-0.15, -0.1) is 0 Å². The lowest BCUT2D eigenvalue weighted by Gasteiger charge is -2.34. The molecule has 0 bridgehead atoms. The van der Waals surface area contributed by atoms with Gasteiger partial charge in [-0.25, -0.2) is 0 Å². The van der Waals surface area contributed by atoms with Crippen LogP contribution in [0.5, 0.6) is 5.75 Å². The number of hydrogen-bond donors (Lipinski definition) is 1. The molecule has 2 rings (SSSR count). The molecule has 1 atom stereocenters. The number of ether oxygens (including phenoxy) is 1. The van der Waals surface area contributed by atoms with E-state index in [9.17, 15) is 0 Å². The first-order valence-electron chi connectivity index (χ1n) is 7.80. The van der Waals surface area contributed by atoms with Crippen LogP contribution in [0.25, 0.3) is 0 Å². The van der Waals surface area contributed by atoms with E-state index in [0.717, 1.165) is 31.7 Å². The summed E-state index contributed by atoms with van der Waals surface area (Å²) in [6, 6.07) is 8.58. The summed E-state index contributed by atoms with van der Waals surface area (Å²) in [6.45, 7) is 6.36. The molecule has 2 heteroatoms. The third-order valence-electron chi connectivity index (χ3n) is 4.21. The lowest BCUT2D eigenvalue weighted by molar-refractivity contribution is 0.272. The van der Waals surface area contributed by atoms with Crippen LogP contribution < -0.4 is 10.1 Å². The topological polar surface area (TPSA) is 21.3 Å². The second-order valence-electron chi connectivity index (χ2n) is 5.52. The van der Waals surface area contributed by atoms with Crippen molar-refractivity contribution < 1.29 is 4.74 Å². The zero-order valence-electron chi connectivity index (χ0n) is 12.4. The summed E-state index contributed by atoms with van der Waals surface area (Å²) in [5, 5.41) is 3.80. The quantitative estimate of drug-likeness (QED) is 0.855. The second kappa shape index (κ2) is 6.95. The Morgan fingerprint density at radius 2 is 2.00 bits per heavy atom. The predicted octanol–water partition coefficient (Wildman–Crippen LogP) is 4.24. The maximum absolute atomic E-state index is 5.97. The molecule has 19 heavy (non-hydrogen) atoms. The molecule has 1 fully saturated rings. The fraction of sp³-hybridized carbons (Fsp3) is 0.647. The first-order valence-corrected chi connectivity index (χ1v) is 7.80. The highest BCUT2D eigenvalue weighted by Gasteiger charge is 2.33. The van der Waals surface area contributed by atoms with Gasteiger partial charge in [-0.05, 0) is 38.3 Å². The minimum absolute atomic E-state index is 0.112. The number of para-hydroxylation sites is 1. The third kappa shape index (κ3) is 3.30. The third-order valence-corrected chi connectivity index (χ3v) is 4.21. The maximum Gasteiger partial charge on any atom is 0.124 e. The van der Waals surface area contributed by atoms with Crippen molar-refractivity contribution in [2.45, 2.75) is 57.9 Å². The summed E-state index contributed by atoms with van der Waals surface area (Å²) >= 11 is 0. The van der Waals surface area contributed by atoms with Crippen LogP contribution in [0.1, 0.15) is 57.9 Å². The van der Waals surface area contributed by atoms with Gasteiger partial charge < -0.3 is 10.1 Å². The number of nitrogens with one attached hydrogen (secondary N) is 1. The molecular formula is C17H27NO. The van der Waals surface area contributed by atoms with Crippen LogP contribution in [0.2, 0.25) is 0 Å². The Balaban J connectivity index is 2.30. The van der Waals surface area contributed by atoms with Gasteiger partial charge in [0.1, 0.15) is 5.75 Å². The minimum Gasteiger partial charge on any atom is -0.493 e. The van der Waals surface area contributed by atoms with Crippen molar-refractivity contribution >= 4 is 0 Å². The van der Waals surface area contributed by atoms with Crippen LogP contribution in [-0.2, 0) is 5.54 Å². The SMILES string of the molecule is CCCOc1ccccc1C1(CC)CCCCCN1. The maximum atomic E-state index is 5.97. The molecule has 1 N–H and O–H groups in total. The molecule has 0 aromatic heterocycles. The Morgan fingerprint density at radius 3 is 2.79 bits per heavy atom. The second-order valence-corrected chi connectivity index (χ2v) is 5.52. The summed E-state index contributed by atoms with van der Waals surface area (Å²) in [5.41, 5.74) is 1.47. The van der Waals surface area contributed by atoms with E-state index in [-0.39, 0.29) is 5.54 Å². The summed E-state index contributed by atoms with van der Waals surface area (Å²) in [5.74, 6) is 1.07. The molecule has 0 spiro atoms. The van der Waals surface area contributed by atoms with Gasteiger partial charge in [-0.1, -0.05) is 44.9 Å². The summed E-state index contributed by atoms with van der Waals surface area (Å²) in [4.78, 5) is 0. The van der Waals surface area contributed by atoms with Crippen molar-refractivity contribution in [3.63, 3.8) is 0 Å². The first kappa shape index (κ1) is 14.4. The van der Waals surface area contributed by atoms with Crippen molar-refractivity contribution in [1.29, 1.82) is 0 Å². The van der Waals surface area contributed by atoms with E-state index in [1.54, 1.807) is 0 Å². The highest BCUT2D eigenvalue weighted by Crippen LogP contribution is 2.38. The zero-order valence-corrected chi connectivity index (χ0v) is 12.4. The average Bonchev–Trinajstić information content (AvgIpc) is 2.72. The van der Waals surface area contributed by atoms with Crippen LogP contribution in [0.3, 0.4) is 0 Å². The normalized spacial score (nSPS) is 23.9. The van der Waals surface area contributed by atoms with Gasteiger partial charge in [-0.2, -0.15) is 0 Å². The summed E-state index contributed by atoms with van der Waals surface area (Å²) in [7, 11) is 0. The van der Waals surface area contributed by atoms with E-state index < -0.39 is 0 Å². The van der Waals surface area contributed by atoms with Crippen LogP contribution in [0.15, 0.2) is 24.3 Å². The molecule has 0 aliphatic carbocycles. The smallest absolute Gasteiger partial charge is 0.124 e. The van der Waals surface area contributed by atoms with Gasteiger partial charge in [-0.3, -0.25) is 0 Å². The first-order chi connectivity index (χ1) is 9.32. The lowest BCUT2D eigenvalue weighted by atomic mass is 9.82. The molecule has 0 radical (unpaired) electrons. The van der Waals surface area contributed by atoms with Crippen molar-refractivity contribution in [1.82, 2.24) is 5.32 Å². The number of hydrogen-bond acceptors (Lipinski definition) is 2. The highest BCUT2D eigenvalue weighted by atomic mass is 16.5. The van der Waals surface area contributed by atoms with Crippen molar-refractivity contribution in [3.05, 3.63) is 29.8 Å². The number of rotatable bonds is 5. The molecule has 1 heterocycles. The fourth-order valence-electron chi connectivity index (χ4n) is 3.07. The molecular weight excluding hydrogens is 234 g/mol. The molecule has 2 nitrogen and oxygen atoms in total. The molecule has 106 valence electrons. The molecule has 1 saturated heterocycles. The van der Waals surface area contributed by atoms with E-state index in [4.69, 9.17) is 4.74 Å². The van der Waals surface area contributed by atoms with E-state index in [1.807, 2.05) is 0 Å².